The third-order valence-corrected chi connectivity index (χ3v) is 8.01. The number of fused-ring (bicyclic) bond motifs is 1. The van der Waals surface area contributed by atoms with Gasteiger partial charge >= 0.3 is 0 Å². The lowest BCUT2D eigenvalue weighted by atomic mass is 9.87. The van der Waals surface area contributed by atoms with Crippen molar-refractivity contribution in [2.24, 2.45) is 16.0 Å². The quantitative estimate of drug-likeness (QED) is 0.320. The Kier molecular flexibility index (Phi) is 7.70. The Morgan fingerprint density at radius 1 is 1.03 bits per heavy atom. The van der Waals surface area contributed by atoms with Gasteiger partial charge in [-0.15, -0.1) is 0 Å². The summed E-state index contributed by atoms with van der Waals surface area (Å²) in [6.45, 7) is 7.35. The molecule has 2 heterocycles. The molecule has 2 aromatic carbocycles. The summed E-state index contributed by atoms with van der Waals surface area (Å²) in [5.74, 6) is 1.53. The maximum atomic E-state index is 12.8. The minimum Gasteiger partial charge on any atom is -0.490 e. The highest BCUT2D eigenvalue weighted by atomic mass is 32.2. The maximum absolute atomic E-state index is 12.8. The van der Waals surface area contributed by atoms with E-state index in [1.807, 2.05) is 36.4 Å². The number of hydrazone groups is 1. The Labute approximate surface area is 228 Å². The molecule has 0 unspecified atom stereocenters. The van der Waals surface area contributed by atoms with Crippen LogP contribution < -0.4 is 9.47 Å². The van der Waals surface area contributed by atoms with Crippen LogP contribution in [0, 0.1) is 11.3 Å². The smallest absolute Gasteiger partial charge is 0.283 e. The molecule has 7 nitrogen and oxygen atoms in total. The summed E-state index contributed by atoms with van der Waals surface area (Å²) >= 11 is 1.44. The van der Waals surface area contributed by atoms with E-state index in [0.29, 0.717) is 30.0 Å². The number of hydrogen-bond donors (Lipinski definition) is 1. The van der Waals surface area contributed by atoms with Crippen LogP contribution in [0.5, 0.6) is 11.5 Å². The lowest BCUT2D eigenvalue weighted by Crippen LogP contribution is -2.35. The van der Waals surface area contributed by atoms with Crippen LogP contribution in [-0.2, 0) is 10.2 Å². The average molecular weight is 531 g/mol. The van der Waals surface area contributed by atoms with Crippen LogP contribution in [0.4, 0.5) is 0 Å². The van der Waals surface area contributed by atoms with Crippen molar-refractivity contribution in [1.82, 2.24) is 5.01 Å². The fraction of sp³-hybridized carbons (Fsp3) is 0.400. The van der Waals surface area contributed by atoms with Gasteiger partial charge in [0, 0.05) is 5.92 Å². The molecule has 0 aromatic heterocycles. The molecule has 0 atom stereocenters. The lowest BCUT2D eigenvalue weighted by molar-refractivity contribution is -0.114. The second-order valence-corrected chi connectivity index (χ2v) is 11.8. The van der Waals surface area contributed by atoms with Gasteiger partial charge in [0.25, 0.3) is 5.91 Å². The number of ether oxygens (including phenoxy) is 2. The van der Waals surface area contributed by atoms with Gasteiger partial charge in [-0.25, -0.2) is 0 Å². The van der Waals surface area contributed by atoms with E-state index in [-0.39, 0.29) is 16.8 Å². The van der Waals surface area contributed by atoms with Crippen LogP contribution in [-0.4, -0.2) is 40.2 Å². The Morgan fingerprint density at radius 3 is 2.45 bits per heavy atom. The van der Waals surface area contributed by atoms with E-state index < -0.39 is 5.91 Å². The molecule has 1 amide bonds. The number of amides is 1. The molecule has 1 aliphatic carbocycles. The van der Waals surface area contributed by atoms with Gasteiger partial charge in [0.1, 0.15) is 29.8 Å². The summed E-state index contributed by atoms with van der Waals surface area (Å²) in [5, 5.41) is 16.3. The van der Waals surface area contributed by atoms with Gasteiger partial charge in [-0.05, 0) is 71.5 Å². The zero-order chi connectivity index (χ0) is 26.7. The number of carbonyl (C=O) groups is 1. The van der Waals surface area contributed by atoms with Crippen LogP contribution in [0.25, 0.3) is 6.08 Å². The number of nitrogens with one attached hydrogen (secondary N) is 1. The van der Waals surface area contributed by atoms with E-state index in [0.717, 1.165) is 29.2 Å². The molecule has 2 aliphatic heterocycles. The minimum absolute atomic E-state index is 0.0653. The molecule has 0 bridgehead atoms. The first-order valence-electron chi connectivity index (χ1n) is 13.2. The highest BCUT2D eigenvalue weighted by Gasteiger charge is 2.37. The first-order chi connectivity index (χ1) is 18.3. The van der Waals surface area contributed by atoms with Crippen molar-refractivity contribution in [2.45, 2.75) is 58.3 Å². The van der Waals surface area contributed by atoms with E-state index in [1.54, 1.807) is 6.08 Å². The van der Waals surface area contributed by atoms with E-state index in [4.69, 9.17) is 14.9 Å². The Hall–Kier alpha value is -3.39. The zero-order valence-corrected chi connectivity index (χ0v) is 23.0. The summed E-state index contributed by atoms with van der Waals surface area (Å²) in [4.78, 5) is 17.0. The predicted molar refractivity (Wildman–Crippen MR) is 154 cm³/mol. The van der Waals surface area contributed by atoms with E-state index in [9.17, 15) is 4.79 Å². The van der Waals surface area contributed by atoms with Gasteiger partial charge in [-0.2, -0.15) is 15.1 Å². The highest BCUT2D eigenvalue weighted by molar-refractivity contribution is 8.27. The van der Waals surface area contributed by atoms with E-state index in [2.05, 4.69) is 43.0 Å². The molecule has 1 N–H and O–H groups in total. The molecule has 0 radical (unpaired) electrons. The van der Waals surface area contributed by atoms with Crippen LogP contribution in [0.3, 0.4) is 0 Å². The fourth-order valence-corrected chi connectivity index (χ4v) is 5.81. The number of hydrogen-bond acceptors (Lipinski definition) is 6. The van der Waals surface area contributed by atoms with E-state index >= 15 is 0 Å². The van der Waals surface area contributed by atoms with Gasteiger partial charge in [-0.3, -0.25) is 10.2 Å². The highest BCUT2D eigenvalue weighted by Crippen LogP contribution is 2.36. The molecular weight excluding hydrogens is 496 g/mol. The van der Waals surface area contributed by atoms with Crippen LogP contribution in [0.15, 0.2) is 64.2 Å². The minimum atomic E-state index is -0.411. The van der Waals surface area contributed by atoms with Gasteiger partial charge in [0.15, 0.2) is 5.84 Å². The Morgan fingerprint density at radius 2 is 1.74 bits per heavy atom. The second kappa shape index (κ2) is 11.2. The number of aliphatic imine (C=N–C) groups is 1. The van der Waals surface area contributed by atoms with Crippen molar-refractivity contribution in [2.75, 3.05) is 13.2 Å². The molecule has 3 aliphatic rings. The number of thioether (sulfide) groups is 1. The Bertz CT molecular complexity index is 1300. The molecule has 198 valence electrons. The van der Waals surface area contributed by atoms with Crippen LogP contribution in [0.1, 0.15) is 64.0 Å². The van der Waals surface area contributed by atoms with Crippen molar-refractivity contribution in [3.05, 3.63) is 65.2 Å². The lowest BCUT2D eigenvalue weighted by Gasteiger charge is -2.20. The molecule has 0 saturated heterocycles. The maximum Gasteiger partial charge on any atom is 0.283 e. The number of amidine groups is 2. The van der Waals surface area contributed by atoms with Crippen molar-refractivity contribution < 1.29 is 14.3 Å². The summed E-state index contributed by atoms with van der Waals surface area (Å²) in [6, 6.07) is 15.6. The standard InChI is InChI=1S/C30H34N4O3S/c1-30(2,3)22-12-14-23(15-13-22)36-16-17-37-24-11-7-8-20(18-24)19-25-26(31)34-29(32-27(25)35)38-28(33-34)21-9-5-4-6-10-21/h7-8,11-15,18-19,21,31H,4-6,9-10,16-17H2,1-3H3/b25-19-,31-26?. The molecule has 38 heavy (non-hydrogen) atoms. The SMILES string of the molecule is CC(C)(C)c1ccc(OCCOc2cccc(/C=C3/C(=N)N4N=C(C5CCCCC5)SC4=NC3=O)c2)cc1. The van der Waals surface area contributed by atoms with Crippen molar-refractivity contribution >= 4 is 39.8 Å². The van der Waals surface area contributed by atoms with E-state index in [1.165, 1.54) is 41.6 Å². The van der Waals surface area contributed by atoms with Gasteiger partial charge in [0.2, 0.25) is 5.17 Å². The summed E-state index contributed by atoms with van der Waals surface area (Å²) in [7, 11) is 0. The molecule has 5 rings (SSSR count). The topological polar surface area (TPSA) is 87.3 Å². The third-order valence-electron chi connectivity index (χ3n) is 6.93. The normalized spacial score (nSPS) is 19.3. The van der Waals surface area contributed by atoms with Crippen LogP contribution >= 0.6 is 11.8 Å². The van der Waals surface area contributed by atoms with Crippen molar-refractivity contribution in [3.63, 3.8) is 0 Å². The largest absolute Gasteiger partial charge is 0.490 e. The summed E-state index contributed by atoms with van der Waals surface area (Å²) < 4.78 is 11.7. The molecule has 1 fully saturated rings. The van der Waals surface area contributed by atoms with Crippen molar-refractivity contribution in [1.29, 1.82) is 5.41 Å². The Balaban J connectivity index is 1.20. The molecule has 8 heteroatoms. The average Bonchev–Trinajstić information content (AvgIpc) is 3.34. The summed E-state index contributed by atoms with van der Waals surface area (Å²) in [5.41, 5.74) is 2.35. The summed E-state index contributed by atoms with van der Waals surface area (Å²) in [6.07, 6.45) is 7.57. The van der Waals surface area contributed by atoms with Crippen molar-refractivity contribution in [3.8, 4) is 11.5 Å². The molecule has 2 aromatic rings. The molecule has 0 spiro atoms. The number of carbonyl (C=O) groups excluding carboxylic acids is 1. The molecular formula is C30H34N4O3S. The number of rotatable bonds is 7. The number of nitrogens with zero attached hydrogens (tertiary/aromatic N) is 3. The zero-order valence-electron chi connectivity index (χ0n) is 22.2. The van der Waals surface area contributed by atoms with Gasteiger partial charge in [0.05, 0.1) is 5.57 Å². The first kappa shape index (κ1) is 26.2. The fourth-order valence-electron chi connectivity index (χ4n) is 4.75. The monoisotopic (exact) mass is 530 g/mol. The van der Waals surface area contributed by atoms with Crippen LogP contribution in [0.2, 0.25) is 0 Å². The van der Waals surface area contributed by atoms with Gasteiger partial charge < -0.3 is 9.47 Å². The van der Waals surface area contributed by atoms with Gasteiger partial charge in [-0.1, -0.05) is 64.3 Å². The molecule has 1 saturated carbocycles. The number of benzene rings is 2. The first-order valence-corrected chi connectivity index (χ1v) is 14.1. The second-order valence-electron chi connectivity index (χ2n) is 10.8. The third kappa shape index (κ3) is 6.01. The predicted octanol–water partition coefficient (Wildman–Crippen LogP) is 6.64.